The van der Waals surface area contributed by atoms with E-state index in [-0.39, 0.29) is 22.6 Å². The lowest BCUT2D eigenvalue weighted by Crippen LogP contribution is -2.39. The molecule has 3 fully saturated rings. The molecule has 3 saturated carbocycles. The Balaban J connectivity index is 0.987. The molecule has 6 rings (SSSR count). The number of carbonyl (C=O) groups is 6. The molecule has 0 unspecified atom stereocenters. The minimum atomic E-state index is -1.07. The molecule has 0 atom stereocenters. The van der Waals surface area contributed by atoms with Gasteiger partial charge in [-0.15, -0.1) is 0 Å². The first-order chi connectivity index (χ1) is 35.2. The number of hydrogen-bond donors (Lipinski definition) is 0. The van der Waals surface area contributed by atoms with Crippen LogP contribution in [0.5, 0.6) is 0 Å². The maximum absolute atomic E-state index is 12.7. The lowest BCUT2D eigenvalue weighted by molar-refractivity contribution is -0.209. The Morgan fingerprint density at radius 2 is 0.616 bits per heavy atom. The Labute approximate surface area is 434 Å². The molecular weight excluding hydrogens is 985 g/mol. The SMILES string of the molecule is C/C=C(\C)[SiH2]c1ccc(C(=O)OOC(=O)OC2CCC(C(C3CCC(OC(=O)OOC(=O)c4ccc([SiH2]/C(C)=C/C)cc4)CC3)C3CCC(OC(=O)OOC(=O)c4ccc([SiH2]/C(C)=C/C)cc4)CC3)CC2)cc1. The highest BCUT2D eigenvalue weighted by atomic mass is 28.2. The smallest absolute Gasteiger partial charge is 0.428 e. The lowest BCUT2D eigenvalue weighted by Gasteiger charge is -2.45. The van der Waals surface area contributed by atoms with E-state index in [0.29, 0.717) is 56.3 Å². The molecule has 0 heterocycles. The number of allylic oxidation sites excluding steroid dienone is 6. The minimum absolute atomic E-state index is 0.265. The van der Waals surface area contributed by atoms with Crippen molar-refractivity contribution in [2.45, 2.75) is 137 Å². The molecule has 392 valence electrons. The third kappa shape index (κ3) is 17.7. The molecule has 0 bridgehead atoms. The minimum Gasteiger partial charge on any atom is -0.428 e. The number of carbonyl (C=O) groups excluding carboxylic acids is 6. The first-order valence-corrected chi connectivity index (χ1v) is 29.8. The van der Waals surface area contributed by atoms with Gasteiger partial charge in [-0.05, 0) is 179 Å². The van der Waals surface area contributed by atoms with E-state index in [2.05, 4.69) is 39.0 Å². The molecule has 0 N–H and O–H groups in total. The van der Waals surface area contributed by atoms with Gasteiger partial charge in [-0.1, -0.05) is 85.8 Å². The second kappa shape index (κ2) is 28.3. The van der Waals surface area contributed by atoms with Crippen molar-refractivity contribution >= 4 is 80.5 Å². The van der Waals surface area contributed by atoms with Crippen molar-refractivity contribution in [2.24, 2.45) is 23.7 Å². The largest absolute Gasteiger partial charge is 0.550 e. The Kier molecular flexibility index (Phi) is 21.7. The standard InChI is InChI=1S/C55H70O15Si3/c1-7-34(4)71-46-28-16-40(17-29-46)50(56)65-68-53(59)62-43-22-10-37(11-23-43)49(38-12-24-44(25-13-38)63-54(60)69-66-51(57)41-18-30-47(31-19-41)72-35(5)8-2)39-14-26-45(27-15-39)64-55(61)70-67-52(58)42-20-32-48(33-21-42)73-36(6)9-3/h7-9,16-21,28-33,37-39,43-45,49H,10-15,22-27,71-73H2,1-6H3/b34-7+,35-8+,36-9+. The molecule has 3 aliphatic rings. The van der Waals surface area contributed by atoms with Crippen LogP contribution in [-0.4, -0.2) is 83.2 Å². The predicted molar refractivity (Wildman–Crippen MR) is 282 cm³/mol. The summed E-state index contributed by atoms with van der Waals surface area (Å²) < 4.78 is 16.8. The first kappa shape index (κ1) is 56.1. The van der Waals surface area contributed by atoms with E-state index in [4.69, 9.17) is 43.5 Å². The van der Waals surface area contributed by atoms with E-state index < -0.39 is 83.2 Å². The van der Waals surface area contributed by atoms with Crippen LogP contribution < -0.4 is 15.6 Å². The first-order valence-electron chi connectivity index (χ1n) is 25.6. The highest BCUT2D eigenvalue weighted by Crippen LogP contribution is 2.48. The molecule has 18 heteroatoms. The van der Waals surface area contributed by atoms with Crippen LogP contribution in [0.25, 0.3) is 0 Å². The van der Waals surface area contributed by atoms with Crippen molar-refractivity contribution in [2.75, 3.05) is 0 Å². The molecule has 0 radical (unpaired) electrons. The predicted octanol–water partition coefficient (Wildman–Crippen LogP) is 8.21. The average Bonchev–Trinajstić information content (AvgIpc) is 3.40. The fourth-order valence-corrected chi connectivity index (χ4v) is 14.3. The zero-order chi connectivity index (χ0) is 52.3. The Morgan fingerprint density at radius 3 is 0.836 bits per heavy atom. The summed E-state index contributed by atoms with van der Waals surface area (Å²) in [6, 6.07) is 21.3. The van der Waals surface area contributed by atoms with Gasteiger partial charge in [-0.3, -0.25) is 0 Å². The van der Waals surface area contributed by atoms with E-state index in [1.54, 1.807) is 36.4 Å². The zero-order valence-corrected chi connectivity index (χ0v) is 47.2. The van der Waals surface area contributed by atoms with Crippen LogP contribution in [0, 0.1) is 23.7 Å². The van der Waals surface area contributed by atoms with E-state index >= 15 is 0 Å². The molecule has 0 saturated heterocycles. The maximum atomic E-state index is 12.7. The van der Waals surface area contributed by atoms with Crippen molar-refractivity contribution in [3.8, 4) is 0 Å². The normalized spacial score (nSPS) is 22.4. The summed E-state index contributed by atoms with van der Waals surface area (Å²) in [6.45, 7) is 12.3. The fraction of sp³-hybridized carbons (Fsp3) is 0.455. The number of hydrogen-bond acceptors (Lipinski definition) is 15. The molecule has 0 amide bonds. The molecule has 3 aromatic carbocycles. The van der Waals surface area contributed by atoms with Crippen LogP contribution in [0.3, 0.4) is 0 Å². The highest BCUT2D eigenvalue weighted by Gasteiger charge is 2.42. The van der Waals surface area contributed by atoms with Crippen LogP contribution in [0.1, 0.15) is 150 Å². The van der Waals surface area contributed by atoms with Gasteiger partial charge in [0.15, 0.2) is 0 Å². The van der Waals surface area contributed by atoms with Gasteiger partial charge < -0.3 is 14.2 Å². The van der Waals surface area contributed by atoms with Crippen molar-refractivity contribution in [3.05, 3.63) is 123 Å². The van der Waals surface area contributed by atoms with E-state index in [0.717, 1.165) is 38.5 Å². The van der Waals surface area contributed by atoms with Crippen LogP contribution >= 0.6 is 0 Å². The van der Waals surface area contributed by atoms with E-state index in [9.17, 15) is 28.8 Å². The number of benzene rings is 3. The molecule has 0 spiro atoms. The summed E-state index contributed by atoms with van der Waals surface area (Å²) in [5, 5.41) is 7.54. The quantitative estimate of drug-likeness (QED) is 0.0466. The monoisotopic (exact) mass is 1050 g/mol. The summed E-state index contributed by atoms with van der Waals surface area (Å²) in [6.07, 6.45) is 10.1. The van der Waals surface area contributed by atoms with E-state index in [1.165, 1.54) is 31.1 Å². The molecule has 3 aromatic rings. The van der Waals surface area contributed by atoms with Crippen molar-refractivity contribution in [1.82, 2.24) is 0 Å². The van der Waals surface area contributed by atoms with Crippen molar-refractivity contribution in [3.63, 3.8) is 0 Å². The topological polar surface area (TPSA) is 185 Å². The Morgan fingerprint density at radius 1 is 0.384 bits per heavy atom. The molecule has 3 aliphatic carbocycles. The molecule has 0 aromatic heterocycles. The van der Waals surface area contributed by atoms with Crippen molar-refractivity contribution < 1.29 is 72.3 Å². The third-order valence-corrected chi connectivity index (χ3v) is 20.2. The maximum Gasteiger partial charge on any atom is 0.550 e. The van der Waals surface area contributed by atoms with Gasteiger partial charge in [0, 0.05) is 0 Å². The summed E-state index contributed by atoms with van der Waals surface area (Å²) in [5.41, 5.74) is 0.794. The zero-order valence-electron chi connectivity index (χ0n) is 42.9. The van der Waals surface area contributed by atoms with Crippen molar-refractivity contribution in [1.29, 1.82) is 0 Å². The van der Waals surface area contributed by atoms with Gasteiger partial charge >= 0.3 is 36.4 Å². The van der Waals surface area contributed by atoms with Crippen LogP contribution in [0.2, 0.25) is 0 Å². The molecule has 15 nitrogen and oxygen atoms in total. The van der Waals surface area contributed by atoms with Gasteiger partial charge in [0.25, 0.3) is 0 Å². The number of ether oxygens (including phenoxy) is 3. The van der Waals surface area contributed by atoms with Gasteiger partial charge in [-0.25, -0.2) is 43.7 Å². The second-order valence-corrected chi connectivity index (χ2v) is 26.5. The van der Waals surface area contributed by atoms with Gasteiger partial charge in [0.05, 0.1) is 45.2 Å². The third-order valence-electron chi connectivity index (χ3n) is 14.6. The molecular formula is C55H70O15Si3. The van der Waals surface area contributed by atoms with Crippen LogP contribution in [0.15, 0.2) is 107 Å². The Bertz CT molecular complexity index is 2160. The van der Waals surface area contributed by atoms with E-state index in [1.807, 2.05) is 57.2 Å². The number of rotatable bonds is 15. The second-order valence-electron chi connectivity index (χ2n) is 19.7. The summed E-state index contributed by atoms with van der Waals surface area (Å²) in [7, 11) is -1.78. The summed E-state index contributed by atoms with van der Waals surface area (Å²) in [4.78, 5) is 105. The van der Waals surface area contributed by atoms with Gasteiger partial charge in [0.1, 0.15) is 18.3 Å². The van der Waals surface area contributed by atoms with Crippen LogP contribution in [-0.2, 0) is 43.5 Å². The fourth-order valence-electron chi connectivity index (χ4n) is 10.3. The van der Waals surface area contributed by atoms with Crippen LogP contribution in [0.4, 0.5) is 14.4 Å². The van der Waals surface area contributed by atoms with Gasteiger partial charge in [-0.2, -0.15) is 14.4 Å². The summed E-state index contributed by atoms with van der Waals surface area (Å²) >= 11 is 0. The van der Waals surface area contributed by atoms with Gasteiger partial charge in [0.2, 0.25) is 0 Å². The highest BCUT2D eigenvalue weighted by molar-refractivity contribution is 6.61. The summed E-state index contributed by atoms with van der Waals surface area (Å²) in [5.74, 6) is -1.21. The molecule has 0 aliphatic heterocycles. The average molecular weight is 1060 g/mol. The Hall–Kier alpha value is -6.25. The molecule has 73 heavy (non-hydrogen) atoms. The lowest BCUT2D eigenvalue weighted by atomic mass is 9.61.